The summed E-state index contributed by atoms with van der Waals surface area (Å²) in [5, 5.41) is 2.95. The van der Waals surface area contributed by atoms with Gasteiger partial charge in [-0.1, -0.05) is 0 Å². The molecule has 2 unspecified atom stereocenters. The predicted molar refractivity (Wildman–Crippen MR) is 109 cm³/mol. The van der Waals surface area contributed by atoms with E-state index in [1.54, 1.807) is 4.90 Å². The fraction of sp³-hybridized carbons (Fsp3) is 0.714. The van der Waals surface area contributed by atoms with Crippen LogP contribution < -0.4 is 9.88 Å². The zero-order valence-electron chi connectivity index (χ0n) is 18.5. The predicted octanol–water partition coefficient (Wildman–Crippen LogP) is 0.819. The summed E-state index contributed by atoms with van der Waals surface area (Å²) in [6, 6.07) is -1.02. The summed E-state index contributed by atoms with van der Waals surface area (Å²) in [7, 11) is 1.95. The average molecular weight is 421 g/mol. The molecule has 0 spiro atoms. The highest BCUT2D eigenvalue weighted by molar-refractivity contribution is 5.92. The van der Waals surface area contributed by atoms with Crippen LogP contribution in [0.25, 0.3) is 0 Å². The minimum Gasteiger partial charge on any atom is -0.444 e. The largest absolute Gasteiger partial charge is 0.444 e. The lowest BCUT2D eigenvalue weighted by molar-refractivity contribution is -0.671. The van der Waals surface area contributed by atoms with Gasteiger partial charge in [-0.05, 0) is 46.5 Å². The topological polar surface area (TPSA) is 87.8 Å². The number of nitrogens with zero attached hydrogens (tertiary/aromatic N) is 4. The van der Waals surface area contributed by atoms with Crippen LogP contribution in [0.15, 0.2) is 18.7 Å². The molecule has 0 radical (unpaired) electrons. The first-order chi connectivity index (χ1) is 14.2. The number of hydrogen-bond acceptors (Lipinski definition) is 4. The molecule has 2 aliphatic rings. The second-order valence-electron chi connectivity index (χ2n) is 9.13. The molecule has 1 aromatic heterocycles. The number of aryl methyl sites for hydroxylation is 1. The molecule has 3 rings (SSSR count). The molecule has 2 saturated heterocycles. The molecule has 9 nitrogen and oxygen atoms in total. The number of amides is 3. The summed E-state index contributed by atoms with van der Waals surface area (Å²) in [5.41, 5.74) is -0.611. The van der Waals surface area contributed by atoms with E-state index in [0.29, 0.717) is 39.0 Å². The number of carbonyl (C=O) groups excluding carboxylic acids is 3. The van der Waals surface area contributed by atoms with Crippen LogP contribution in [0.1, 0.15) is 46.5 Å². The second-order valence-corrected chi connectivity index (χ2v) is 9.13. The summed E-state index contributed by atoms with van der Waals surface area (Å²) >= 11 is 0. The van der Waals surface area contributed by atoms with Crippen molar-refractivity contribution in [1.29, 1.82) is 0 Å². The Morgan fingerprint density at radius 3 is 2.40 bits per heavy atom. The van der Waals surface area contributed by atoms with E-state index >= 15 is 0 Å². The van der Waals surface area contributed by atoms with Crippen LogP contribution in [-0.4, -0.2) is 69.6 Å². The summed E-state index contributed by atoms with van der Waals surface area (Å²) in [4.78, 5) is 41.7. The van der Waals surface area contributed by atoms with E-state index in [1.165, 1.54) is 4.90 Å². The first-order valence-corrected chi connectivity index (χ1v) is 10.7. The van der Waals surface area contributed by atoms with E-state index in [-0.39, 0.29) is 11.8 Å². The summed E-state index contributed by atoms with van der Waals surface area (Å²) in [5.74, 6) is -0.271. The van der Waals surface area contributed by atoms with Crippen LogP contribution in [0, 0.1) is 0 Å². The number of nitrogens with one attached hydrogen (secondary N) is 1. The standard InChI is InChI=1S/C21H33N5O4/c1-21(2,3)30-20(29)26-11-6-8-17(26)19(28)25-10-5-7-16(25)18(27)22-9-12-24-14-13-23(4)15-24/h13-17H,5-12H2,1-4H3/p+1. The third kappa shape index (κ3) is 5.31. The van der Waals surface area contributed by atoms with Crippen molar-refractivity contribution >= 4 is 17.9 Å². The molecule has 1 aromatic rings. The van der Waals surface area contributed by atoms with Gasteiger partial charge in [0.1, 0.15) is 36.6 Å². The average Bonchev–Trinajstić information content (AvgIpc) is 3.40. The number of carbonyl (C=O) groups is 3. The third-order valence-corrected chi connectivity index (χ3v) is 5.50. The SMILES string of the molecule is C[n+]1ccn(CCNC(=O)C2CCCN2C(=O)C2CCCN2C(=O)OC(C)(C)C)c1. The summed E-state index contributed by atoms with van der Waals surface area (Å²) in [6.07, 6.45) is 8.18. The van der Waals surface area contributed by atoms with Crippen LogP contribution in [0.2, 0.25) is 0 Å². The maximum Gasteiger partial charge on any atom is 0.410 e. The maximum absolute atomic E-state index is 13.2. The van der Waals surface area contributed by atoms with Gasteiger partial charge in [0.05, 0.1) is 13.6 Å². The lowest BCUT2D eigenvalue weighted by Crippen LogP contribution is -2.53. The van der Waals surface area contributed by atoms with E-state index < -0.39 is 23.8 Å². The Morgan fingerprint density at radius 1 is 1.10 bits per heavy atom. The van der Waals surface area contributed by atoms with Crippen molar-refractivity contribution < 1.29 is 23.7 Å². The number of ether oxygens (including phenoxy) is 1. The summed E-state index contributed by atoms with van der Waals surface area (Å²) in [6.45, 7) is 7.65. The van der Waals surface area contributed by atoms with Crippen molar-refractivity contribution in [3.05, 3.63) is 18.7 Å². The quantitative estimate of drug-likeness (QED) is 0.715. The first-order valence-electron chi connectivity index (χ1n) is 10.7. The Balaban J connectivity index is 1.57. The zero-order valence-corrected chi connectivity index (χ0v) is 18.5. The minimum absolute atomic E-state index is 0.126. The van der Waals surface area contributed by atoms with Gasteiger partial charge in [0.15, 0.2) is 0 Å². The highest BCUT2D eigenvalue weighted by atomic mass is 16.6. The van der Waals surface area contributed by atoms with Crippen molar-refractivity contribution in [3.8, 4) is 0 Å². The molecular weight excluding hydrogens is 386 g/mol. The highest BCUT2D eigenvalue weighted by Crippen LogP contribution is 2.26. The first kappa shape index (κ1) is 22.1. The molecule has 0 saturated carbocycles. The monoisotopic (exact) mass is 420 g/mol. The molecule has 3 amide bonds. The number of hydrogen-bond donors (Lipinski definition) is 1. The Bertz CT molecular complexity index is 785. The van der Waals surface area contributed by atoms with Crippen molar-refractivity contribution in [3.63, 3.8) is 0 Å². The molecule has 0 aromatic carbocycles. The molecule has 166 valence electrons. The van der Waals surface area contributed by atoms with Crippen LogP contribution in [0.4, 0.5) is 4.79 Å². The maximum atomic E-state index is 13.2. The van der Waals surface area contributed by atoms with Gasteiger partial charge in [-0.15, -0.1) is 0 Å². The molecule has 9 heteroatoms. The highest BCUT2D eigenvalue weighted by Gasteiger charge is 2.43. The molecular formula is C21H34N5O4+. The van der Waals surface area contributed by atoms with E-state index in [0.717, 1.165) is 12.8 Å². The minimum atomic E-state index is -0.611. The van der Waals surface area contributed by atoms with E-state index in [2.05, 4.69) is 5.32 Å². The van der Waals surface area contributed by atoms with Crippen molar-refractivity contribution in [2.45, 2.75) is 70.7 Å². The lowest BCUT2D eigenvalue weighted by atomic mass is 10.1. The van der Waals surface area contributed by atoms with Gasteiger partial charge >= 0.3 is 6.09 Å². The normalized spacial score (nSPS) is 21.7. The lowest BCUT2D eigenvalue weighted by Gasteiger charge is -2.32. The molecule has 2 atom stereocenters. The summed E-state index contributed by atoms with van der Waals surface area (Å²) < 4.78 is 9.41. The second kappa shape index (κ2) is 9.06. The molecule has 1 N–H and O–H groups in total. The molecule has 2 aliphatic heterocycles. The van der Waals surface area contributed by atoms with Crippen molar-refractivity contribution in [1.82, 2.24) is 19.7 Å². The van der Waals surface area contributed by atoms with Crippen molar-refractivity contribution in [2.24, 2.45) is 7.05 Å². The third-order valence-electron chi connectivity index (χ3n) is 5.50. The fourth-order valence-electron chi connectivity index (χ4n) is 4.12. The number of rotatable bonds is 5. The van der Waals surface area contributed by atoms with Gasteiger partial charge in [0.2, 0.25) is 18.1 Å². The van der Waals surface area contributed by atoms with E-state index in [1.807, 2.05) is 55.7 Å². The fourth-order valence-corrected chi connectivity index (χ4v) is 4.12. The van der Waals surface area contributed by atoms with Crippen LogP contribution in [-0.2, 0) is 27.9 Å². The number of aromatic nitrogens is 2. The molecule has 0 bridgehead atoms. The smallest absolute Gasteiger partial charge is 0.410 e. The Kier molecular flexibility index (Phi) is 6.67. The van der Waals surface area contributed by atoms with Gasteiger partial charge in [-0.2, -0.15) is 0 Å². The molecule has 30 heavy (non-hydrogen) atoms. The molecule has 3 heterocycles. The van der Waals surface area contributed by atoms with Gasteiger partial charge in [-0.25, -0.2) is 13.9 Å². The Hall–Kier alpha value is -2.58. The van der Waals surface area contributed by atoms with Crippen LogP contribution in [0.5, 0.6) is 0 Å². The van der Waals surface area contributed by atoms with Gasteiger partial charge in [0, 0.05) is 13.1 Å². The van der Waals surface area contributed by atoms with Crippen LogP contribution >= 0.6 is 0 Å². The Labute approximate surface area is 178 Å². The number of likely N-dealkylation sites (tertiary alicyclic amines) is 2. The van der Waals surface area contributed by atoms with Gasteiger partial charge in [-0.3, -0.25) is 14.5 Å². The zero-order chi connectivity index (χ0) is 21.9. The molecule has 2 fully saturated rings. The number of imidazole rings is 1. The van der Waals surface area contributed by atoms with Crippen molar-refractivity contribution in [2.75, 3.05) is 19.6 Å². The van der Waals surface area contributed by atoms with E-state index in [4.69, 9.17) is 4.74 Å². The van der Waals surface area contributed by atoms with Gasteiger partial charge < -0.3 is 15.0 Å². The molecule has 0 aliphatic carbocycles. The van der Waals surface area contributed by atoms with Crippen LogP contribution in [0.3, 0.4) is 0 Å². The van der Waals surface area contributed by atoms with E-state index in [9.17, 15) is 14.4 Å². The van der Waals surface area contributed by atoms with Gasteiger partial charge in [0.25, 0.3) is 0 Å². The Morgan fingerprint density at radius 2 is 1.77 bits per heavy atom.